The quantitative estimate of drug-likeness (QED) is 0.700. The van der Waals surface area contributed by atoms with Gasteiger partial charge < -0.3 is 11.1 Å². The second-order valence-electron chi connectivity index (χ2n) is 2.71. The maximum Gasteiger partial charge on any atom is 0.229 e. The van der Waals surface area contributed by atoms with Crippen LogP contribution in [0.15, 0.2) is 0 Å². The number of nitrogens with two attached hydrogens (primary N) is 1. The van der Waals surface area contributed by atoms with Crippen LogP contribution in [0.4, 0.5) is 10.3 Å². The summed E-state index contributed by atoms with van der Waals surface area (Å²) in [6.45, 7) is 0. The summed E-state index contributed by atoms with van der Waals surface area (Å²) in [6, 6.07) is 0. The average Bonchev–Trinajstić information content (AvgIpc) is 2.78. The van der Waals surface area contributed by atoms with Gasteiger partial charge in [0.25, 0.3) is 0 Å². The third kappa shape index (κ3) is 1.53. The van der Waals surface area contributed by atoms with Gasteiger partial charge in [0.1, 0.15) is 0 Å². The van der Waals surface area contributed by atoms with Crippen LogP contribution >= 0.6 is 11.3 Å². The summed E-state index contributed by atoms with van der Waals surface area (Å²) in [6.07, 6.45) is 1.97. The number of hydrogen-bond donors (Lipinski definition) is 2. The van der Waals surface area contributed by atoms with E-state index < -0.39 is 0 Å². The molecule has 6 heteroatoms. The standard InChI is InChI=1S/C6H8N4OS/c7-5-9-10-6(12-5)8-4(11)3-1-2-3/h3H,1-2H2,(H2,7,9)(H,8,10,11). The summed E-state index contributed by atoms with van der Waals surface area (Å²) in [5.41, 5.74) is 5.34. The lowest BCUT2D eigenvalue weighted by Gasteiger charge is -1.95. The van der Waals surface area contributed by atoms with Crippen molar-refractivity contribution in [2.24, 2.45) is 5.92 Å². The zero-order valence-electron chi connectivity index (χ0n) is 6.28. The Hall–Kier alpha value is -1.17. The molecule has 0 aromatic carbocycles. The first-order valence-electron chi connectivity index (χ1n) is 3.65. The zero-order valence-corrected chi connectivity index (χ0v) is 7.10. The van der Waals surface area contributed by atoms with Crippen molar-refractivity contribution in [1.29, 1.82) is 0 Å². The lowest BCUT2D eigenvalue weighted by atomic mass is 10.4. The molecular formula is C6H8N4OS. The molecule has 1 aromatic rings. The van der Waals surface area contributed by atoms with Crippen LogP contribution in [0.25, 0.3) is 0 Å². The van der Waals surface area contributed by atoms with Gasteiger partial charge in [-0.1, -0.05) is 11.3 Å². The van der Waals surface area contributed by atoms with Crippen LogP contribution in [0.3, 0.4) is 0 Å². The van der Waals surface area contributed by atoms with Gasteiger partial charge in [0, 0.05) is 5.92 Å². The summed E-state index contributed by atoms with van der Waals surface area (Å²) in [7, 11) is 0. The number of hydrogen-bond acceptors (Lipinski definition) is 5. The number of carbonyl (C=O) groups is 1. The number of rotatable bonds is 2. The minimum absolute atomic E-state index is 0.0335. The molecule has 1 aliphatic carbocycles. The summed E-state index contributed by atoms with van der Waals surface area (Å²) in [5.74, 6) is 0.223. The van der Waals surface area contributed by atoms with E-state index in [1.165, 1.54) is 11.3 Å². The number of carbonyl (C=O) groups excluding carboxylic acids is 1. The highest BCUT2D eigenvalue weighted by Crippen LogP contribution is 2.30. The fourth-order valence-corrected chi connectivity index (χ4v) is 1.35. The zero-order chi connectivity index (χ0) is 8.55. The van der Waals surface area contributed by atoms with Gasteiger partial charge in [-0.05, 0) is 12.8 Å². The van der Waals surface area contributed by atoms with E-state index in [9.17, 15) is 4.79 Å². The Bertz CT molecular complexity index is 306. The second kappa shape index (κ2) is 2.71. The van der Waals surface area contributed by atoms with Gasteiger partial charge in [-0.2, -0.15) is 0 Å². The molecule has 1 saturated carbocycles. The minimum Gasteiger partial charge on any atom is -0.374 e. The molecule has 0 atom stereocenters. The smallest absolute Gasteiger partial charge is 0.229 e. The van der Waals surface area contributed by atoms with E-state index in [0.29, 0.717) is 10.3 Å². The summed E-state index contributed by atoms with van der Waals surface area (Å²) < 4.78 is 0. The Kier molecular flexibility index (Phi) is 1.69. The lowest BCUT2D eigenvalue weighted by Crippen LogP contribution is -2.12. The van der Waals surface area contributed by atoms with Crippen molar-refractivity contribution in [2.45, 2.75) is 12.8 Å². The van der Waals surface area contributed by atoms with Crippen molar-refractivity contribution in [1.82, 2.24) is 10.2 Å². The van der Waals surface area contributed by atoms with Gasteiger partial charge in [0.05, 0.1) is 0 Å². The molecule has 1 aliphatic rings. The molecule has 1 aromatic heterocycles. The first kappa shape index (κ1) is 7.48. The number of anilines is 2. The lowest BCUT2D eigenvalue weighted by molar-refractivity contribution is -0.117. The third-order valence-electron chi connectivity index (χ3n) is 1.62. The van der Waals surface area contributed by atoms with E-state index in [4.69, 9.17) is 5.73 Å². The van der Waals surface area contributed by atoms with E-state index in [2.05, 4.69) is 15.5 Å². The van der Waals surface area contributed by atoms with Crippen molar-refractivity contribution in [3.8, 4) is 0 Å². The molecule has 5 nitrogen and oxygen atoms in total. The molecule has 1 fully saturated rings. The normalized spacial score (nSPS) is 16.0. The molecule has 0 unspecified atom stereocenters. The summed E-state index contributed by atoms with van der Waals surface area (Å²) in [4.78, 5) is 11.2. The van der Waals surface area contributed by atoms with E-state index in [1.54, 1.807) is 0 Å². The SMILES string of the molecule is Nc1nnc(NC(=O)C2CC2)s1. The highest BCUT2D eigenvalue weighted by molar-refractivity contribution is 7.18. The monoisotopic (exact) mass is 184 g/mol. The first-order chi connectivity index (χ1) is 5.75. The van der Waals surface area contributed by atoms with Crippen molar-refractivity contribution in [3.63, 3.8) is 0 Å². The Morgan fingerprint density at radius 3 is 2.83 bits per heavy atom. The van der Waals surface area contributed by atoms with Gasteiger partial charge in [0.2, 0.25) is 16.2 Å². The largest absolute Gasteiger partial charge is 0.374 e. The number of aromatic nitrogens is 2. The van der Waals surface area contributed by atoms with Gasteiger partial charge in [-0.15, -0.1) is 10.2 Å². The van der Waals surface area contributed by atoms with Gasteiger partial charge in [-0.25, -0.2) is 0 Å². The van der Waals surface area contributed by atoms with Crippen LogP contribution in [0, 0.1) is 5.92 Å². The van der Waals surface area contributed by atoms with Gasteiger partial charge in [0.15, 0.2) is 0 Å². The summed E-state index contributed by atoms with van der Waals surface area (Å²) in [5, 5.41) is 10.8. The van der Waals surface area contributed by atoms with Gasteiger partial charge in [-0.3, -0.25) is 4.79 Å². The fraction of sp³-hybridized carbons (Fsp3) is 0.500. The third-order valence-corrected chi connectivity index (χ3v) is 2.29. The Balaban J connectivity index is 1.98. The van der Waals surface area contributed by atoms with Crippen LogP contribution in [0.5, 0.6) is 0 Å². The molecule has 0 saturated heterocycles. The molecule has 2 rings (SSSR count). The molecule has 0 radical (unpaired) electrons. The molecule has 3 N–H and O–H groups in total. The van der Waals surface area contributed by atoms with Crippen LogP contribution in [-0.4, -0.2) is 16.1 Å². The van der Waals surface area contributed by atoms with Crippen LogP contribution in [0.2, 0.25) is 0 Å². The van der Waals surface area contributed by atoms with E-state index in [1.807, 2.05) is 0 Å². The predicted molar refractivity (Wildman–Crippen MR) is 45.7 cm³/mol. The molecule has 64 valence electrons. The van der Waals surface area contributed by atoms with E-state index >= 15 is 0 Å². The highest BCUT2D eigenvalue weighted by Gasteiger charge is 2.30. The number of nitrogens with zero attached hydrogens (tertiary/aromatic N) is 2. The van der Waals surface area contributed by atoms with Gasteiger partial charge >= 0.3 is 0 Å². The number of nitrogen functional groups attached to an aromatic ring is 1. The van der Waals surface area contributed by atoms with E-state index in [0.717, 1.165) is 12.8 Å². The molecule has 1 amide bonds. The second-order valence-corrected chi connectivity index (χ2v) is 3.72. The maximum absolute atomic E-state index is 11.2. The minimum atomic E-state index is 0.0335. The fourth-order valence-electron chi connectivity index (χ4n) is 0.838. The molecule has 0 aliphatic heterocycles. The average molecular weight is 184 g/mol. The Labute approximate surface area is 73.0 Å². The topological polar surface area (TPSA) is 80.9 Å². The Morgan fingerprint density at radius 1 is 1.58 bits per heavy atom. The van der Waals surface area contributed by atoms with Crippen molar-refractivity contribution in [2.75, 3.05) is 11.1 Å². The predicted octanol–water partition coefficient (Wildman–Crippen LogP) is 0.469. The molecule has 0 spiro atoms. The Morgan fingerprint density at radius 2 is 2.33 bits per heavy atom. The van der Waals surface area contributed by atoms with E-state index in [-0.39, 0.29) is 11.8 Å². The molecule has 1 heterocycles. The van der Waals surface area contributed by atoms with Crippen molar-refractivity contribution < 1.29 is 4.79 Å². The molecular weight excluding hydrogens is 176 g/mol. The molecule has 12 heavy (non-hydrogen) atoms. The van der Waals surface area contributed by atoms with Crippen LogP contribution < -0.4 is 11.1 Å². The summed E-state index contributed by atoms with van der Waals surface area (Å²) >= 11 is 1.18. The van der Waals surface area contributed by atoms with Crippen molar-refractivity contribution >= 4 is 27.5 Å². The number of nitrogens with one attached hydrogen (secondary N) is 1. The maximum atomic E-state index is 11.2. The first-order valence-corrected chi connectivity index (χ1v) is 4.47. The highest BCUT2D eigenvalue weighted by atomic mass is 32.1. The van der Waals surface area contributed by atoms with Crippen LogP contribution in [-0.2, 0) is 4.79 Å². The number of amides is 1. The van der Waals surface area contributed by atoms with Crippen molar-refractivity contribution in [3.05, 3.63) is 0 Å². The molecule has 0 bridgehead atoms. The van der Waals surface area contributed by atoms with Crippen LogP contribution in [0.1, 0.15) is 12.8 Å².